The molecule has 0 aliphatic heterocycles. The van der Waals surface area contributed by atoms with Gasteiger partial charge in [-0.25, -0.2) is 4.39 Å². The van der Waals surface area contributed by atoms with Gasteiger partial charge >= 0.3 is 5.97 Å². The highest BCUT2D eigenvalue weighted by atomic mass is 19.1. The molecule has 2 fully saturated rings. The van der Waals surface area contributed by atoms with Gasteiger partial charge in [-0.3, -0.25) is 4.79 Å². The summed E-state index contributed by atoms with van der Waals surface area (Å²) in [5.74, 6) is -0.493. The lowest BCUT2D eigenvalue weighted by molar-refractivity contribution is -0.145. The first-order chi connectivity index (χ1) is 10.6. The molecule has 0 atom stereocenters. The molecule has 0 amide bonds. The average Bonchev–Trinajstić information content (AvgIpc) is 2.47. The van der Waals surface area contributed by atoms with Crippen molar-refractivity contribution in [2.45, 2.75) is 56.8 Å². The van der Waals surface area contributed by atoms with E-state index in [0.717, 1.165) is 32.1 Å². The van der Waals surface area contributed by atoms with Crippen LogP contribution in [-0.2, 0) is 10.2 Å². The summed E-state index contributed by atoms with van der Waals surface area (Å²) in [6.07, 6.45) is 7.54. The van der Waals surface area contributed by atoms with Gasteiger partial charge in [0.2, 0.25) is 0 Å². The maximum Gasteiger partial charge on any atom is 0.314 e. The molecule has 120 valence electrons. The Bertz CT molecular complexity index is 545. The normalized spacial score (nSPS) is 21.1. The highest BCUT2D eigenvalue weighted by Crippen LogP contribution is 2.41. The zero-order chi connectivity index (χ0) is 15.6. The van der Waals surface area contributed by atoms with Crippen molar-refractivity contribution in [3.8, 4) is 5.75 Å². The Morgan fingerprint density at radius 1 is 1.23 bits per heavy atom. The molecule has 2 aliphatic carbocycles. The summed E-state index contributed by atoms with van der Waals surface area (Å²) in [5, 5.41) is 9.66. The first-order valence-electron chi connectivity index (χ1n) is 8.28. The fourth-order valence-electron chi connectivity index (χ4n) is 3.56. The van der Waals surface area contributed by atoms with Crippen molar-refractivity contribution in [2.75, 3.05) is 6.61 Å². The van der Waals surface area contributed by atoms with E-state index in [4.69, 9.17) is 4.74 Å². The van der Waals surface area contributed by atoms with Crippen molar-refractivity contribution in [1.29, 1.82) is 0 Å². The predicted molar refractivity (Wildman–Crippen MR) is 81.6 cm³/mol. The summed E-state index contributed by atoms with van der Waals surface area (Å²) in [5.41, 5.74) is -0.348. The quantitative estimate of drug-likeness (QED) is 0.882. The summed E-state index contributed by atoms with van der Waals surface area (Å²) in [6, 6.07) is 4.71. The van der Waals surface area contributed by atoms with Crippen LogP contribution in [-0.4, -0.2) is 17.7 Å². The lowest BCUT2D eigenvalue weighted by Gasteiger charge is -2.33. The monoisotopic (exact) mass is 306 g/mol. The van der Waals surface area contributed by atoms with E-state index in [1.807, 2.05) is 0 Å². The van der Waals surface area contributed by atoms with Gasteiger partial charge in [-0.05, 0) is 49.3 Å². The van der Waals surface area contributed by atoms with Gasteiger partial charge < -0.3 is 9.84 Å². The van der Waals surface area contributed by atoms with Crippen LogP contribution in [0.25, 0.3) is 0 Å². The van der Waals surface area contributed by atoms with E-state index in [0.29, 0.717) is 30.9 Å². The summed E-state index contributed by atoms with van der Waals surface area (Å²) in [7, 11) is 0. The topological polar surface area (TPSA) is 46.5 Å². The number of carboxylic acids is 1. The van der Waals surface area contributed by atoms with E-state index in [2.05, 4.69) is 0 Å². The molecule has 4 heteroatoms. The third-order valence-corrected chi connectivity index (χ3v) is 5.30. The van der Waals surface area contributed by atoms with Crippen LogP contribution in [0, 0.1) is 11.7 Å². The number of aliphatic carboxylic acids is 1. The Morgan fingerprint density at radius 3 is 2.50 bits per heavy atom. The van der Waals surface area contributed by atoms with Gasteiger partial charge in [0.15, 0.2) is 11.6 Å². The second-order valence-electron chi connectivity index (χ2n) is 6.70. The van der Waals surface area contributed by atoms with Crippen molar-refractivity contribution in [2.24, 2.45) is 5.92 Å². The number of halogens is 1. The number of benzene rings is 1. The Labute approximate surface area is 130 Å². The van der Waals surface area contributed by atoms with E-state index >= 15 is 0 Å². The van der Waals surface area contributed by atoms with Crippen LogP contribution in [0.3, 0.4) is 0 Å². The number of hydrogen-bond acceptors (Lipinski definition) is 2. The van der Waals surface area contributed by atoms with Gasteiger partial charge in [0.1, 0.15) is 0 Å². The standard InChI is InChI=1S/C18H23FO3/c19-15-11-14(18(17(20)21)9-2-1-3-10-18)7-8-16(15)22-12-13-5-4-6-13/h7-8,11,13H,1-6,9-10,12H2,(H,20,21). The number of rotatable bonds is 5. The minimum absolute atomic E-state index is 0.243. The van der Waals surface area contributed by atoms with E-state index in [1.54, 1.807) is 12.1 Å². The molecule has 2 aliphatic rings. The van der Waals surface area contributed by atoms with Crippen LogP contribution < -0.4 is 4.74 Å². The zero-order valence-electron chi connectivity index (χ0n) is 12.8. The molecule has 1 aromatic carbocycles. The van der Waals surface area contributed by atoms with Crippen LogP contribution in [0.15, 0.2) is 18.2 Å². The fraction of sp³-hybridized carbons (Fsp3) is 0.611. The van der Waals surface area contributed by atoms with Gasteiger partial charge in [0.05, 0.1) is 12.0 Å². The average molecular weight is 306 g/mol. The Kier molecular flexibility index (Phi) is 4.37. The van der Waals surface area contributed by atoms with Gasteiger partial charge in [0.25, 0.3) is 0 Å². The molecule has 0 spiro atoms. The van der Waals surface area contributed by atoms with Gasteiger partial charge in [-0.15, -0.1) is 0 Å². The van der Waals surface area contributed by atoms with Crippen molar-refractivity contribution >= 4 is 5.97 Å². The van der Waals surface area contributed by atoms with Gasteiger partial charge in [0, 0.05) is 0 Å². The molecular weight excluding hydrogens is 283 g/mol. The first kappa shape index (κ1) is 15.3. The molecule has 0 radical (unpaired) electrons. The van der Waals surface area contributed by atoms with Gasteiger partial charge in [-0.1, -0.05) is 31.7 Å². The maximum atomic E-state index is 14.3. The smallest absolute Gasteiger partial charge is 0.314 e. The molecule has 1 N–H and O–H groups in total. The molecule has 0 unspecified atom stereocenters. The SMILES string of the molecule is O=C(O)C1(c2ccc(OCC3CCC3)c(F)c2)CCCCC1. The Hall–Kier alpha value is -1.58. The highest BCUT2D eigenvalue weighted by Gasteiger charge is 2.41. The molecule has 0 bridgehead atoms. The highest BCUT2D eigenvalue weighted by molar-refractivity contribution is 5.81. The lowest BCUT2D eigenvalue weighted by atomic mass is 9.69. The summed E-state index contributed by atoms with van der Waals surface area (Å²) >= 11 is 0. The number of hydrogen-bond donors (Lipinski definition) is 1. The minimum Gasteiger partial charge on any atom is -0.490 e. The molecule has 3 rings (SSSR count). The van der Waals surface area contributed by atoms with E-state index < -0.39 is 17.2 Å². The lowest BCUT2D eigenvalue weighted by Crippen LogP contribution is -2.37. The van der Waals surface area contributed by atoms with Crippen molar-refractivity contribution in [1.82, 2.24) is 0 Å². The Balaban J connectivity index is 1.78. The van der Waals surface area contributed by atoms with Crippen molar-refractivity contribution in [3.05, 3.63) is 29.6 Å². The molecule has 22 heavy (non-hydrogen) atoms. The third-order valence-electron chi connectivity index (χ3n) is 5.30. The maximum absolute atomic E-state index is 14.3. The minimum atomic E-state index is -0.925. The largest absolute Gasteiger partial charge is 0.490 e. The van der Waals surface area contributed by atoms with Crippen LogP contribution in [0.5, 0.6) is 5.75 Å². The summed E-state index contributed by atoms with van der Waals surface area (Å²) < 4.78 is 19.8. The summed E-state index contributed by atoms with van der Waals surface area (Å²) in [4.78, 5) is 11.8. The van der Waals surface area contributed by atoms with E-state index in [1.165, 1.54) is 12.5 Å². The molecule has 0 heterocycles. The first-order valence-corrected chi connectivity index (χ1v) is 8.28. The van der Waals surface area contributed by atoms with Crippen molar-refractivity contribution < 1.29 is 19.0 Å². The number of carbonyl (C=O) groups is 1. The third kappa shape index (κ3) is 2.83. The molecule has 0 saturated heterocycles. The van der Waals surface area contributed by atoms with Crippen LogP contribution >= 0.6 is 0 Å². The van der Waals surface area contributed by atoms with Crippen LogP contribution in [0.2, 0.25) is 0 Å². The molecule has 1 aromatic rings. The van der Waals surface area contributed by atoms with Gasteiger partial charge in [-0.2, -0.15) is 0 Å². The fourth-order valence-corrected chi connectivity index (χ4v) is 3.56. The zero-order valence-corrected chi connectivity index (χ0v) is 12.8. The van der Waals surface area contributed by atoms with Crippen molar-refractivity contribution in [3.63, 3.8) is 0 Å². The molecule has 3 nitrogen and oxygen atoms in total. The number of carboxylic acid groups (broad SMARTS) is 1. The second-order valence-corrected chi connectivity index (χ2v) is 6.70. The van der Waals surface area contributed by atoms with Crippen LogP contribution in [0.4, 0.5) is 4.39 Å². The van der Waals surface area contributed by atoms with Crippen LogP contribution in [0.1, 0.15) is 56.9 Å². The van der Waals surface area contributed by atoms with E-state index in [9.17, 15) is 14.3 Å². The Morgan fingerprint density at radius 2 is 1.95 bits per heavy atom. The second kappa shape index (κ2) is 6.27. The van der Waals surface area contributed by atoms with E-state index in [-0.39, 0.29) is 5.75 Å². The molecular formula is C18H23FO3. The molecule has 2 saturated carbocycles. The molecule has 0 aromatic heterocycles. The number of ether oxygens (including phenoxy) is 1. The summed E-state index contributed by atoms with van der Waals surface area (Å²) in [6.45, 7) is 0.556. The predicted octanol–water partition coefficient (Wildman–Crippen LogP) is 4.29.